The lowest BCUT2D eigenvalue weighted by atomic mass is 10.1. The minimum atomic E-state index is -0.921. The topological polar surface area (TPSA) is 53.1 Å². The molecule has 0 aliphatic heterocycles. The second-order valence-electron chi connectivity index (χ2n) is 3.87. The first-order valence-corrected chi connectivity index (χ1v) is 5.12. The molecular weight excluding hydrogens is 202 g/mol. The van der Waals surface area contributed by atoms with Crippen molar-refractivity contribution in [3.05, 3.63) is 58.9 Å². The Bertz CT molecular complexity index is 514. The number of rotatable bonds is 3. The average molecular weight is 215 g/mol. The summed E-state index contributed by atoms with van der Waals surface area (Å²) in [5.41, 5.74) is 3.55. The van der Waals surface area contributed by atoms with Crippen LogP contribution in [0.15, 0.2) is 36.4 Å². The molecule has 0 saturated heterocycles. The molecular formula is C13H13NO2. The summed E-state index contributed by atoms with van der Waals surface area (Å²) in [6.45, 7) is 2.04. The molecule has 0 fully saturated rings. The molecule has 0 spiro atoms. The smallest absolute Gasteiger partial charge is 0.352 e. The third-order valence-electron chi connectivity index (χ3n) is 2.45. The number of aromatic carboxylic acids is 1. The van der Waals surface area contributed by atoms with E-state index >= 15 is 0 Å². The maximum atomic E-state index is 10.7. The summed E-state index contributed by atoms with van der Waals surface area (Å²) in [5.74, 6) is -0.921. The van der Waals surface area contributed by atoms with Gasteiger partial charge in [-0.1, -0.05) is 29.8 Å². The van der Waals surface area contributed by atoms with Gasteiger partial charge in [0.05, 0.1) is 0 Å². The highest BCUT2D eigenvalue weighted by Crippen LogP contribution is 2.11. The van der Waals surface area contributed by atoms with Gasteiger partial charge in [0.1, 0.15) is 5.69 Å². The zero-order valence-electron chi connectivity index (χ0n) is 9.03. The highest BCUT2D eigenvalue weighted by atomic mass is 16.4. The van der Waals surface area contributed by atoms with Crippen molar-refractivity contribution in [1.82, 2.24) is 4.98 Å². The fourth-order valence-corrected chi connectivity index (χ4v) is 1.71. The van der Waals surface area contributed by atoms with Crippen LogP contribution in [0.1, 0.15) is 27.3 Å². The number of carboxylic acids is 1. The number of H-pyrrole nitrogens is 1. The molecule has 0 unspecified atom stereocenters. The number of nitrogens with one attached hydrogen (secondary N) is 1. The van der Waals surface area contributed by atoms with Crippen molar-refractivity contribution >= 4 is 5.97 Å². The summed E-state index contributed by atoms with van der Waals surface area (Å²) in [6, 6.07) is 11.6. The predicted octanol–water partition coefficient (Wildman–Crippen LogP) is 2.61. The van der Waals surface area contributed by atoms with Gasteiger partial charge in [0.15, 0.2) is 0 Å². The Labute approximate surface area is 93.7 Å². The van der Waals surface area contributed by atoms with E-state index in [9.17, 15) is 4.79 Å². The zero-order valence-corrected chi connectivity index (χ0v) is 9.03. The summed E-state index contributed by atoms with van der Waals surface area (Å²) in [5, 5.41) is 8.78. The van der Waals surface area contributed by atoms with E-state index in [-0.39, 0.29) is 5.69 Å². The van der Waals surface area contributed by atoms with Crippen molar-refractivity contribution in [1.29, 1.82) is 0 Å². The van der Waals surface area contributed by atoms with Gasteiger partial charge in [-0.15, -0.1) is 0 Å². The summed E-state index contributed by atoms with van der Waals surface area (Å²) in [6.07, 6.45) is 0.731. The Balaban J connectivity index is 2.17. The number of carboxylic acid groups (broad SMARTS) is 1. The Hall–Kier alpha value is -2.03. The van der Waals surface area contributed by atoms with Crippen LogP contribution in [0.3, 0.4) is 0 Å². The molecule has 2 rings (SSSR count). The Morgan fingerprint density at radius 3 is 2.75 bits per heavy atom. The van der Waals surface area contributed by atoms with E-state index in [0.29, 0.717) is 0 Å². The molecule has 16 heavy (non-hydrogen) atoms. The quantitative estimate of drug-likeness (QED) is 0.826. The van der Waals surface area contributed by atoms with Crippen molar-refractivity contribution in [3.8, 4) is 0 Å². The third kappa shape index (κ3) is 2.31. The molecule has 1 heterocycles. The van der Waals surface area contributed by atoms with Crippen LogP contribution in [-0.4, -0.2) is 16.1 Å². The van der Waals surface area contributed by atoms with Crippen molar-refractivity contribution in [2.24, 2.45) is 0 Å². The fraction of sp³-hybridized carbons (Fsp3) is 0.154. The number of aromatic amines is 1. The molecule has 3 heteroatoms. The van der Waals surface area contributed by atoms with Crippen LogP contribution >= 0.6 is 0 Å². The molecule has 0 amide bonds. The number of carbonyl (C=O) groups is 1. The minimum Gasteiger partial charge on any atom is -0.477 e. The van der Waals surface area contributed by atoms with Gasteiger partial charge < -0.3 is 10.1 Å². The van der Waals surface area contributed by atoms with E-state index in [4.69, 9.17) is 5.11 Å². The Morgan fingerprint density at radius 1 is 1.31 bits per heavy atom. The molecule has 82 valence electrons. The number of aromatic nitrogens is 1. The van der Waals surface area contributed by atoms with Gasteiger partial charge in [-0.3, -0.25) is 0 Å². The SMILES string of the molecule is Cc1cccc(Cc2ccc(C(=O)O)[nH]2)c1. The lowest BCUT2D eigenvalue weighted by Crippen LogP contribution is -1.97. The largest absolute Gasteiger partial charge is 0.477 e. The molecule has 1 aromatic heterocycles. The second-order valence-corrected chi connectivity index (χ2v) is 3.87. The van der Waals surface area contributed by atoms with Crippen LogP contribution in [0.25, 0.3) is 0 Å². The van der Waals surface area contributed by atoms with Gasteiger partial charge in [-0.25, -0.2) is 4.79 Å². The molecule has 2 aromatic rings. The van der Waals surface area contributed by atoms with Crippen molar-refractivity contribution in [2.45, 2.75) is 13.3 Å². The molecule has 0 aliphatic rings. The average Bonchev–Trinajstić information content (AvgIpc) is 2.66. The number of aryl methyl sites for hydroxylation is 1. The summed E-state index contributed by atoms with van der Waals surface area (Å²) in [4.78, 5) is 13.6. The lowest BCUT2D eigenvalue weighted by molar-refractivity contribution is 0.0691. The number of benzene rings is 1. The summed E-state index contributed by atoms with van der Waals surface area (Å²) >= 11 is 0. The van der Waals surface area contributed by atoms with Crippen molar-refractivity contribution < 1.29 is 9.90 Å². The van der Waals surface area contributed by atoms with Crippen molar-refractivity contribution in [2.75, 3.05) is 0 Å². The summed E-state index contributed by atoms with van der Waals surface area (Å²) in [7, 11) is 0. The fourth-order valence-electron chi connectivity index (χ4n) is 1.71. The van der Waals surface area contributed by atoms with Crippen LogP contribution < -0.4 is 0 Å². The minimum absolute atomic E-state index is 0.239. The molecule has 1 aromatic carbocycles. The third-order valence-corrected chi connectivity index (χ3v) is 2.45. The maximum absolute atomic E-state index is 10.7. The first-order chi connectivity index (χ1) is 7.65. The van der Waals surface area contributed by atoms with Crippen LogP contribution in [-0.2, 0) is 6.42 Å². The van der Waals surface area contributed by atoms with E-state index < -0.39 is 5.97 Å². The normalized spacial score (nSPS) is 10.3. The molecule has 0 atom stereocenters. The van der Waals surface area contributed by atoms with E-state index in [1.807, 2.05) is 31.2 Å². The van der Waals surface area contributed by atoms with E-state index in [2.05, 4.69) is 11.1 Å². The van der Waals surface area contributed by atoms with Crippen molar-refractivity contribution in [3.63, 3.8) is 0 Å². The zero-order chi connectivity index (χ0) is 11.5. The van der Waals surface area contributed by atoms with Gasteiger partial charge in [0.2, 0.25) is 0 Å². The van der Waals surface area contributed by atoms with E-state index in [1.165, 1.54) is 11.1 Å². The number of hydrogen-bond acceptors (Lipinski definition) is 1. The van der Waals surface area contributed by atoms with E-state index in [0.717, 1.165) is 12.1 Å². The standard InChI is InChI=1S/C13H13NO2/c1-9-3-2-4-10(7-9)8-11-5-6-12(14-11)13(15)16/h2-7,14H,8H2,1H3,(H,15,16). The lowest BCUT2D eigenvalue weighted by Gasteiger charge is -2.00. The van der Waals surface area contributed by atoms with Gasteiger partial charge in [-0.05, 0) is 24.6 Å². The Kier molecular flexibility index (Phi) is 2.77. The highest BCUT2D eigenvalue weighted by Gasteiger charge is 2.05. The van der Waals surface area contributed by atoms with Crippen LogP contribution in [0, 0.1) is 6.92 Å². The highest BCUT2D eigenvalue weighted by molar-refractivity contribution is 5.85. The molecule has 0 saturated carbocycles. The predicted molar refractivity (Wildman–Crippen MR) is 61.7 cm³/mol. The van der Waals surface area contributed by atoms with Crippen LogP contribution in [0.2, 0.25) is 0 Å². The molecule has 2 N–H and O–H groups in total. The monoisotopic (exact) mass is 215 g/mol. The summed E-state index contributed by atoms with van der Waals surface area (Å²) < 4.78 is 0. The molecule has 0 radical (unpaired) electrons. The molecule has 0 aliphatic carbocycles. The number of hydrogen-bond donors (Lipinski definition) is 2. The van der Waals surface area contributed by atoms with Gasteiger partial charge in [0, 0.05) is 12.1 Å². The van der Waals surface area contributed by atoms with Gasteiger partial charge in [-0.2, -0.15) is 0 Å². The van der Waals surface area contributed by atoms with Crippen LogP contribution in [0.4, 0.5) is 0 Å². The van der Waals surface area contributed by atoms with Gasteiger partial charge in [0.25, 0.3) is 0 Å². The first-order valence-electron chi connectivity index (χ1n) is 5.12. The second kappa shape index (κ2) is 4.23. The van der Waals surface area contributed by atoms with Gasteiger partial charge >= 0.3 is 5.97 Å². The first kappa shape index (κ1) is 10.5. The maximum Gasteiger partial charge on any atom is 0.352 e. The Morgan fingerprint density at radius 2 is 2.12 bits per heavy atom. The molecule has 0 bridgehead atoms. The van der Waals surface area contributed by atoms with E-state index in [1.54, 1.807) is 6.07 Å². The molecule has 3 nitrogen and oxygen atoms in total. The van der Waals surface area contributed by atoms with Crippen LogP contribution in [0.5, 0.6) is 0 Å².